The van der Waals surface area contributed by atoms with Crippen LogP contribution in [0.4, 0.5) is 24.9 Å². The van der Waals surface area contributed by atoms with Crippen LogP contribution in [0.3, 0.4) is 0 Å². The number of nitrogens with zero attached hydrogens (tertiary/aromatic N) is 2. The Morgan fingerprint density at radius 1 is 1.07 bits per heavy atom. The van der Waals surface area contributed by atoms with Crippen molar-refractivity contribution in [3.8, 4) is 11.3 Å². The Morgan fingerprint density at radius 3 is 2.43 bits per heavy atom. The summed E-state index contributed by atoms with van der Waals surface area (Å²) >= 11 is 0. The molecule has 0 saturated heterocycles. The van der Waals surface area contributed by atoms with Crippen LogP contribution in [0, 0.1) is 0 Å². The molecular weight excluding hydrogens is 377 g/mol. The zero-order chi connectivity index (χ0) is 20.1. The lowest BCUT2D eigenvalue weighted by Gasteiger charge is -2.06. The highest BCUT2D eigenvalue weighted by atomic mass is 19.4. The summed E-state index contributed by atoms with van der Waals surface area (Å²) < 4.78 is 43.4. The van der Waals surface area contributed by atoms with E-state index in [-0.39, 0.29) is 24.9 Å². The van der Waals surface area contributed by atoms with Gasteiger partial charge in [-0.25, -0.2) is 9.97 Å². The van der Waals surface area contributed by atoms with E-state index < -0.39 is 17.6 Å². The summed E-state index contributed by atoms with van der Waals surface area (Å²) in [6.45, 7) is -0.0413. The number of anilines is 2. The number of hydrogen-bond acceptors (Lipinski definition) is 6. The van der Waals surface area contributed by atoms with Crippen molar-refractivity contribution in [2.45, 2.75) is 6.18 Å². The van der Waals surface area contributed by atoms with Crippen LogP contribution < -0.4 is 10.6 Å². The number of nitrogens with one attached hydrogen (secondary N) is 2. The molecule has 146 valence electrons. The molecule has 0 unspecified atom stereocenters. The molecule has 0 aliphatic carbocycles. The van der Waals surface area contributed by atoms with E-state index in [0.717, 1.165) is 12.1 Å². The Morgan fingerprint density at radius 2 is 1.82 bits per heavy atom. The van der Waals surface area contributed by atoms with Gasteiger partial charge >= 0.3 is 6.18 Å². The average molecular weight is 392 g/mol. The van der Waals surface area contributed by atoms with Gasteiger partial charge < -0.3 is 20.2 Å². The van der Waals surface area contributed by atoms with Gasteiger partial charge in [0.15, 0.2) is 5.76 Å². The van der Waals surface area contributed by atoms with Crippen molar-refractivity contribution >= 4 is 17.6 Å². The normalized spacial score (nSPS) is 11.3. The van der Waals surface area contributed by atoms with Gasteiger partial charge in [0.05, 0.1) is 30.3 Å². The van der Waals surface area contributed by atoms with Gasteiger partial charge in [-0.3, -0.25) is 4.79 Å². The van der Waals surface area contributed by atoms with Gasteiger partial charge in [0.2, 0.25) is 0 Å². The molecule has 3 N–H and O–H groups in total. The number of alkyl halides is 3. The molecule has 0 saturated carbocycles. The van der Waals surface area contributed by atoms with E-state index in [4.69, 9.17) is 9.52 Å². The number of oxazole rings is 1. The second kappa shape index (κ2) is 8.09. The Bertz CT molecular complexity index is 938. The van der Waals surface area contributed by atoms with E-state index in [2.05, 4.69) is 20.6 Å². The maximum atomic E-state index is 12.6. The van der Waals surface area contributed by atoms with Gasteiger partial charge in [-0.2, -0.15) is 13.2 Å². The van der Waals surface area contributed by atoms with E-state index in [9.17, 15) is 18.0 Å². The summed E-state index contributed by atoms with van der Waals surface area (Å²) in [5.41, 5.74) is 0.377. The number of aliphatic hydroxyl groups excluding tert-OH is 1. The number of pyridine rings is 1. The third-order valence-corrected chi connectivity index (χ3v) is 3.65. The van der Waals surface area contributed by atoms with Crippen LogP contribution in [0.5, 0.6) is 0 Å². The minimum Gasteiger partial charge on any atom is -0.423 e. The van der Waals surface area contributed by atoms with Crippen molar-refractivity contribution in [2.24, 2.45) is 0 Å². The van der Waals surface area contributed by atoms with Crippen molar-refractivity contribution < 1.29 is 27.5 Å². The highest BCUT2D eigenvalue weighted by molar-refractivity contribution is 5.92. The number of hydrogen-bond donors (Lipinski definition) is 3. The number of carbonyl (C=O) groups excluding carboxylic acids is 1. The fraction of sp³-hybridized carbons (Fsp3) is 0.167. The van der Waals surface area contributed by atoms with Gasteiger partial charge in [-0.15, -0.1) is 0 Å². The van der Waals surface area contributed by atoms with Gasteiger partial charge in [0.1, 0.15) is 5.69 Å². The molecule has 2 aromatic heterocycles. The third-order valence-electron chi connectivity index (χ3n) is 3.65. The van der Waals surface area contributed by atoms with Crippen molar-refractivity contribution in [2.75, 3.05) is 18.5 Å². The monoisotopic (exact) mass is 392 g/mol. The molecule has 0 radical (unpaired) electrons. The highest BCUT2D eigenvalue weighted by Crippen LogP contribution is 2.31. The minimum absolute atomic E-state index is 0.120. The van der Waals surface area contributed by atoms with Crippen molar-refractivity contribution in [3.63, 3.8) is 0 Å². The van der Waals surface area contributed by atoms with Crippen LogP contribution in [0.25, 0.3) is 11.3 Å². The average Bonchev–Trinajstić information content (AvgIpc) is 3.14. The number of carbonyl (C=O) groups is 1. The Hall–Kier alpha value is -3.40. The summed E-state index contributed by atoms with van der Waals surface area (Å²) in [4.78, 5) is 19.7. The van der Waals surface area contributed by atoms with Crippen molar-refractivity contribution in [1.82, 2.24) is 15.3 Å². The predicted octanol–water partition coefficient (Wildman–Crippen LogP) is 3.22. The van der Waals surface area contributed by atoms with Crippen LogP contribution in [-0.4, -0.2) is 34.1 Å². The molecule has 28 heavy (non-hydrogen) atoms. The number of aromatic nitrogens is 2. The van der Waals surface area contributed by atoms with E-state index in [1.54, 1.807) is 6.07 Å². The second-order valence-corrected chi connectivity index (χ2v) is 5.64. The SMILES string of the molecule is O=C(NCCO)c1ccc(Nc2ncc(-c3ccc(C(F)(F)F)cc3)o2)cn1. The molecule has 3 aromatic rings. The zero-order valence-electron chi connectivity index (χ0n) is 14.3. The van der Waals surface area contributed by atoms with Crippen LogP contribution in [-0.2, 0) is 6.18 Å². The lowest BCUT2D eigenvalue weighted by molar-refractivity contribution is -0.137. The molecule has 0 aliphatic heterocycles. The molecule has 0 atom stereocenters. The standard InChI is InChI=1S/C18H15F3N4O3/c19-18(20,21)12-3-1-11(2-4-12)15-10-24-17(28-15)25-13-5-6-14(23-9-13)16(27)22-7-8-26/h1-6,9-10,26H,7-8H2,(H,22,27)(H,24,25). The fourth-order valence-electron chi connectivity index (χ4n) is 2.27. The topological polar surface area (TPSA) is 100 Å². The lowest BCUT2D eigenvalue weighted by Crippen LogP contribution is -2.27. The molecule has 1 amide bonds. The first-order valence-corrected chi connectivity index (χ1v) is 8.12. The largest absolute Gasteiger partial charge is 0.423 e. The quantitative estimate of drug-likeness (QED) is 0.596. The molecule has 7 nitrogen and oxygen atoms in total. The van der Waals surface area contributed by atoms with Crippen LogP contribution in [0.1, 0.15) is 16.1 Å². The van der Waals surface area contributed by atoms with E-state index in [1.807, 2.05) is 0 Å². The Balaban J connectivity index is 1.67. The molecule has 0 bridgehead atoms. The summed E-state index contributed by atoms with van der Waals surface area (Å²) in [5.74, 6) is -0.120. The molecule has 0 aliphatic rings. The minimum atomic E-state index is -4.40. The summed E-state index contributed by atoms with van der Waals surface area (Å²) in [6, 6.07) is 7.72. The van der Waals surface area contributed by atoms with Gasteiger partial charge in [0, 0.05) is 12.1 Å². The number of aliphatic hydroxyl groups is 1. The Labute approximate surface area is 157 Å². The first kappa shape index (κ1) is 19.4. The molecule has 2 heterocycles. The van der Waals surface area contributed by atoms with Gasteiger partial charge in [-0.05, 0) is 24.3 Å². The summed E-state index contributed by atoms with van der Waals surface area (Å²) in [5, 5.41) is 14.0. The number of benzene rings is 1. The summed E-state index contributed by atoms with van der Waals surface area (Å²) in [7, 11) is 0. The summed E-state index contributed by atoms with van der Waals surface area (Å²) in [6.07, 6.45) is -1.62. The second-order valence-electron chi connectivity index (χ2n) is 5.64. The first-order chi connectivity index (χ1) is 13.4. The number of amides is 1. The molecule has 1 aromatic carbocycles. The maximum Gasteiger partial charge on any atom is 0.416 e. The lowest BCUT2D eigenvalue weighted by atomic mass is 10.1. The molecular formula is C18H15F3N4O3. The molecule has 0 spiro atoms. The van der Waals surface area contributed by atoms with Crippen LogP contribution >= 0.6 is 0 Å². The van der Waals surface area contributed by atoms with E-state index in [1.165, 1.54) is 30.6 Å². The zero-order valence-corrected chi connectivity index (χ0v) is 14.3. The molecule has 0 fully saturated rings. The highest BCUT2D eigenvalue weighted by Gasteiger charge is 2.30. The first-order valence-electron chi connectivity index (χ1n) is 8.12. The van der Waals surface area contributed by atoms with Crippen LogP contribution in [0.15, 0.2) is 53.2 Å². The number of halogens is 3. The predicted molar refractivity (Wildman–Crippen MR) is 93.9 cm³/mol. The molecule has 10 heteroatoms. The fourth-order valence-corrected chi connectivity index (χ4v) is 2.27. The smallest absolute Gasteiger partial charge is 0.416 e. The molecule has 3 rings (SSSR count). The van der Waals surface area contributed by atoms with Crippen molar-refractivity contribution in [3.05, 3.63) is 60.0 Å². The third kappa shape index (κ3) is 4.65. The van der Waals surface area contributed by atoms with Gasteiger partial charge in [0.25, 0.3) is 11.9 Å². The van der Waals surface area contributed by atoms with E-state index in [0.29, 0.717) is 17.0 Å². The number of rotatable bonds is 6. The van der Waals surface area contributed by atoms with E-state index >= 15 is 0 Å². The Kier molecular flexibility index (Phi) is 5.59. The van der Waals surface area contributed by atoms with Gasteiger partial charge in [-0.1, -0.05) is 12.1 Å². The van der Waals surface area contributed by atoms with Crippen molar-refractivity contribution in [1.29, 1.82) is 0 Å². The maximum absolute atomic E-state index is 12.6. The van der Waals surface area contributed by atoms with Crippen LogP contribution in [0.2, 0.25) is 0 Å².